The summed E-state index contributed by atoms with van der Waals surface area (Å²) in [5.41, 5.74) is 1.35. The Morgan fingerprint density at radius 3 is 2.67 bits per heavy atom. The average molecular weight is 204 g/mol. The lowest BCUT2D eigenvalue weighted by Gasteiger charge is -2.37. The van der Waals surface area contributed by atoms with Crippen LogP contribution in [-0.4, -0.2) is 25.7 Å². The lowest BCUT2D eigenvalue weighted by molar-refractivity contribution is 0.368. The summed E-state index contributed by atoms with van der Waals surface area (Å²) in [6, 6.07) is 11.3. The van der Waals surface area contributed by atoms with Gasteiger partial charge in [0.25, 0.3) is 0 Å². The third-order valence-corrected chi connectivity index (χ3v) is 3.13. The third kappa shape index (κ3) is 2.51. The third-order valence-electron chi connectivity index (χ3n) is 3.13. The van der Waals surface area contributed by atoms with Crippen LogP contribution in [0.3, 0.4) is 0 Å². The van der Waals surface area contributed by atoms with E-state index in [4.69, 9.17) is 0 Å². The van der Waals surface area contributed by atoms with Gasteiger partial charge in [-0.05, 0) is 18.1 Å². The highest BCUT2D eigenvalue weighted by Gasteiger charge is 2.21. The van der Waals surface area contributed by atoms with Crippen LogP contribution in [0.15, 0.2) is 30.3 Å². The molecule has 1 aromatic rings. The molecule has 15 heavy (non-hydrogen) atoms. The first-order valence-corrected chi connectivity index (χ1v) is 5.81. The van der Waals surface area contributed by atoms with Gasteiger partial charge >= 0.3 is 0 Å². The van der Waals surface area contributed by atoms with Gasteiger partial charge in [-0.1, -0.05) is 32.0 Å². The van der Waals surface area contributed by atoms with E-state index in [0.717, 1.165) is 19.6 Å². The molecule has 1 N–H and O–H groups in total. The summed E-state index contributed by atoms with van der Waals surface area (Å²) in [4.78, 5) is 2.47. The highest BCUT2D eigenvalue weighted by molar-refractivity contribution is 5.46. The number of nitrogens with one attached hydrogen (secondary N) is 1. The maximum Gasteiger partial charge on any atom is 0.0367 e. The Hall–Kier alpha value is -1.02. The molecular weight excluding hydrogens is 184 g/mol. The zero-order valence-electron chi connectivity index (χ0n) is 9.61. The number of rotatable bonds is 2. The number of nitrogens with zero attached hydrogens (tertiary/aromatic N) is 1. The van der Waals surface area contributed by atoms with Crippen LogP contribution in [0.25, 0.3) is 0 Å². The monoisotopic (exact) mass is 204 g/mol. The van der Waals surface area contributed by atoms with Gasteiger partial charge in [0.1, 0.15) is 0 Å². The lowest BCUT2D eigenvalue weighted by atomic mass is 10.0. The van der Waals surface area contributed by atoms with E-state index in [-0.39, 0.29) is 0 Å². The van der Waals surface area contributed by atoms with Crippen molar-refractivity contribution in [3.63, 3.8) is 0 Å². The minimum Gasteiger partial charge on any atom is -0.369 e. The quantitative estimate of drug-likeness (QED) is 0.794. The van der Waals surface area contributed by atoms with E-state index in [1.807, 2.05) is 0 Å². The number of anilines is 1. The molecule has 2 nitrogen and oxygen atoms in total. The van der Waals surface area contributed by atoms with Gasteiger partial charge < -0.3 is 10.2 Å². The van der Waals surface area contributed by atoms with Crippen LogP contribution in [0.1, 0.15) is 13.8 Å². The summed E-state index contributed by atoms with van der Waals surface area (Å²) in [5.74, 6) is 0.705. The predicted octanol–water partition coefficient (Wildman–Crippen LogP) is 2.12. The van der Waals surface area contributed by atoms with Gasteiger partial charge in [0, 0.05) is 31.4 Å². The Balaban J connectivity index is 2.05. The van der Waals surface area contributed by atoms with Crippen LogP contribution in [-0.2, 0) is 0 Å². The number of hydrogen-bond acceptors (Lipinski definition) is 2. The molecule has 1 fully saturated rings. The molecule has 0 aromatic heterocycles. The average Bonchev–Trinajstić information content (AvgIpc) is 2.30. The van der Waals surface area contributed by atoms with Crippen LogP contribution < -0.4 is 10.2 Å². The summed E-state index contributed by atoms with van der Waals surface area (Å²) >= 11 is 0. The summed E-state index contributed by atoms with van der Waals surface area (Å²) in [6.07, 6.45) is 0. The standard InChI is InChI=1S/C13H20N2/c1-11(2)13-10-15(9-8-14-13)12-6-4-3-5-7-12/h3-7,11,13-14H,8-10H2,1-2H3/t13-/m1/s1. The second-order valence-electron chi connectivity index (χ2n) is 4.59. The van der Waals surface area contributed by atoms with Gasteiger partial charge in [-0.3, -0.25) is 0 Å². The second kappa shape index (κ2) is 4.67. The topological polar surface area (TPSA) is 15.3 Å². The van der Waals surface area contributed by atoms with E-state index in [1.165, 1.54) is 5.69 Å². The van der Waals surface area contributed by atoms with Crippen molar-refractivity contribution >= 4 is 5.69 Å². The van der Waals surface area contributed by atoms with Crippen molar-refractivity contribution in [3.8, 4) is 0 Å². The molecule has 0 amide bonds. The highest BCUT2D eigenvalue weighted by atomic mass is 15.2. The fraction of sp³-hybridized carbons (Fsp3) is 0.538. The Bertz CT molecular complexity index is 295. The largest absolute Gasteiger partial charge is 0.369 e. The molecule has 2 rings (SSSR count). The molecule has 0 radical (unpaired) electrons. The molecular formula is C13H20N2. The van der Waals surface area contributed by atoms with Crippen LogP contribution in [0.5, 0.6) is 0 Å². The Kier molecular flexibility index (Phi) is 3.27. The zero-order chi connectivity index (χ0) is 10.7. The van der Waals surface area contributed by atoms with Gasteiger partial charge in [-0.25, -0.2) is 0 Å². The highest BCUT2D eigenvalue weighted by Crippen LogP contribution is 2.17. The van der Waals surface area contributed by atoms with Crippen LogP contribution in [0.2, 0.25) is 0 Å². The smallest absolute Gasteiger partial charge is 0.0367 e. The number of para-hydroxylation sites is 1. The summed E-state index contributed by atoms with van der Waals surface area (Å²) in [6.45, 7) is 7.91. The van der Waals surface area contributed by atoms with Gasteiger partial charge in [0.15, 0.2) is 0 Å². The van der Waals surface area contributed by atoms with E-state index in [9.17, 15) is 0 Å². The molecule has 82 valence electrons. The maximum atomic E-state index is 3.58. The van der Waals surface area contributed by atoms with E-state index >= 15 is 0 Å². The molecule has 1 aliphatic rings. The van der Waals surface area contributed by atoms with Crippen molar-refractivity contribution in [2.24, 2.45) is 5.92 Å². The summed E-state index contributed by atoms with van der Waals surface area (Å²) in [5, 5.41) is 3.58. The van der Waals surface area contributed by atoms with Gasteiger partial charge in [-0.2, -0.15) is 0 Å². The van der Waals surface area contributed by atoms with E-state index in [0.29, 0.717) is 12.0 Å². The molecule has 0 saturated carbocycles. The van der Waals surface area contributed by atoms with Crippen molar-refractivity contribution in [3.05, 3.63) is 30.3 Å². The number of benzene rings is 1. The fourth-order valence-corrected chi connectivity index (χ4v) is 2.10. The zero-order valence-corrected chi connectivity index (χ0v) is 9.61. The van der Waals surface area contributed by atoms with E-state index in [2.05, 4.69) is 54.4 Å². The molecule has 1 saturated heterocycles. The molecule has 1 aromatic carbocycles. The van der Waals surface area contributed by atoms with Gasteiger partial charge in [0.05, 0.1) is 0 Å². The Morgan fingerprint density at radius 1 is 1.27 bits per heavy atom. The van der Waals surface area contributed by atoms with Crippen LogP contribution in [0.4, 0.5) is 5.69 Å². The molecule has 0 unspecified atom stereocenters. The van der Waals surface area contributed by atoms with Crippen LogP contribution >= 0.6 is 0 Å². The predicted molar refractivity (Wildman–Crippen MR) is 65.3 cm³/mol. The maximum absolute atomic E-state index is 3.58. The normalized spacial score (nSPS) is 22.1. The molecule has 1 atom stereocenters. The van der Waals surface area contributed by atoms with Gasteiger partial charge in [-0.15, -0.1) is 0 Å². The van der Waals surface area contributed by atoms with Crippen molar-refractivity contribution in [1.29, 1.82) is 0 Å². The van der Waals surface area contributed by atoms with Crippen molar-refractivity contribution < 1.29 is 0 Å². The number of hydrogen-bond donors (Lipinski definition) is 1. The minimum absolute atomic E-state index is 0.624. The van der Waals surface area contributed by atoms with Gasteiger partial charge in [0.2, 0.25) is 0 Å². The van der Waals surface area contributed by atoms with Crippen molar-refractivity contribution in [2.45, 2.75) is 19.9 Å². The molecule has 0 aliphatic carbocycles. The molecule has 1 aliphatic heterocycles. The molecule has 0 bridgehead atoms. The SMILES string of the molecule is CC(C)[C@H]1CN(c2ccccc2)CCN1. The lowest BCUT2D eigenvalue weighted by Crippen LogP contribution is -2.52. The summed E-state index contributed by atoms with van der Waals surface area (Å²) < 4.78 is 0. The first kappa shape index (κ1) is 10.5. The van der Waals surface area contributed by atoms with Crippen LogP contribution in [0, 0.1) is 5.92 Å². The Labute approximate surface area is 92.3 Å². The number of piperazine rings is 1. The molecule has 1 heterocycles. The fourth-order valence-electron chi connectivity index (χ4n) is 2.10. The second-order valence-corrected chi connectivity index (χ2v) is 4.59. The van der Waals surface area contributed by atoms with E-state index < -0.39 is 0 Å². The first-order chi connectivity index (χ1) is 7.27. The Morgan fingerprint density at radius 2 is 2.00 bits per heavy atom. The van der Waals surface area contributed by atoms with Crippen molar-refractivity contribution in [1.82, 2.24) is 5.32 Å². The van der Waals surface area contributed by atoms with E-state index in [1.54, 1.807) is 0 Å². The minimum atomic E-state index is 0.624. The molecule has 2 heteroatoms. The first-order valence-electron chi connectivity index (χ1n) is 5.81. The summed E-state index contributed by atoms with van der Waals surface area (Å²) in [7, 11) is 0. The van der Waals surface area contributed by atoms with Crippen molar-refractivity contribution in [2.75, 3.05) is 24.5 Å². The molecule has 0 spiro atoms.